The average Bonchev–Trinajstić information content (AvgIpc) is 3.76. The molecular formula is C43H30N2O2. The Hall–Kier alpha value is -5.74. The minimum absolute atomic E-state index is 0.0299. The third-order valence-corrected chi connectivity index (χ3v) is 10.3. The molecule has 2 atom stereocenters. The fourth-order valence-electron chi connectivity index (χ4n) is 7.86. The van der Waals surface area contributed by atoms with Gasteiger partial charge in [0.1, 0.15) is 11.7 Å². The zero-order valence-corrected chi connectivity index (χ0v) is 26.1. The second kappa shape index (κ2) is 9.63. The Labute approximate surface area is 272 Å². The van der Waals surface area contributed by atoms with Crippen molar-refractivity contribution in [2.75, 3.05) is 0 Å². The van der Waals surface area contributed by atoms with Crippen molar-refractivity contribution in [1.82, 2.24) is 9.97 Å². The van der Waals surface area contributed by atoms with Crippen LogP contribution in [-0.4, -0.2) is 16.1 Å². The summed E-state index contributed by atoms with van der Waals surface area (Å²) in [5.74, 6) is 1.69. The predicted octanol–water partition coefficient (Wildman–Crippen LogP) is 10.5. The molecule has 3 heterocycles. The van der Waals surface area contributed by atoms with Crippen molar-refractivity contribution >= 4 is 27.5 Å². The molecule has 4 nitrogen and oxygen atoms in total. The average molecular weight is 607 g/mol. The van der Waals surface area contributed by atoms with Gasteiger partial charge in [-0.05, 0) is 69.3 Å². The fourth-order valence-corrected chi connectivity index (χ4v) is 7.86. The van der Waals surface area contributed by atoms with E-state index < -0.39 is 0 Å². The number of allylic oxidation sites excluding steroid dienone is 2. The van der Waals surface area contributed by atoms with Gasteiger partial charge in [-0.25, -0.2) is 9.97 Å². The fraction of sp³-hybridized carbons (Fsp3) is 0.116. The van der Waals surface area contributed by atoms with Crippen LogP contribution < -0.4 is 4.74 Å². The molecule has 2 unspecified atom stereocenters. The lowest BCUT2D eigenvalue weighted by molar-refractivity contribution is 0.269. The van der Waals surface area contributed by atoms with E-state index in [1.807, 2.05) is 48.8 Å². The number of hydrogen-bond donors (Lipinski definition) is 0. The Morgan fingerprint density at radius 2 is 1.45 bits per heavy atom. The van der Waals surface area contributed by atoms with Gasteiger partial charge in [0, 0.05) is 51.2 Å². The SMILES string of the molecule is CC1(C)c2ccccc2-c2ccc(C3=CC4c5ccc6c(oc7ccc(-c8cnc(-c9ccccc9)nc8)cc76)c5OC4C=C3)cc21. The molecule has 5 aromatic carbocycles. The number of benzene rings is 5. The van der Waals surface area contributed by atoms with E-state index in [0.717, 1.165) is 50.2 Å². The standard InChI is InChI=1S/C43H30N2O2/c1-43(2)36-11-7-6-10-30(36)31-15-12-28(22-37(31)43)26-13-18-38-34(20-26)32-16-17-33-35-21-27(14-19-39(35)47-41(33)40(32)46-38)29-23-44-42(45-24-29)25-8-4-3-5-9-25/h3-24,34,38H,1-2H3. The molecule has 0 fully saturated rings. The first-order valence-corrected chi connectivity index (χ1v) is 16.2. The van der Waals surface area contributed by atoms with Crippen LogP contribution in [-0.2, 0) is 5.41 Å². The highest BCUT2D eigenvalue weighted by Crippen LogP contribution is 2.51. The van der Waals surface area contributed by atoms with E-state index in [4.69, 9.17) is 9.15 Å². The van der Waals surface area contributed by atoms with Crippen LogP contribution in [0.4, 0.5) is 0 Å². The van der Waals surface area contributed by atoms with Crippen molar-refractivity contribution in [3.8, 4) is 39.4 Å². The summed E-state index contributed by atoms with van der Waals surface area (Å²) in [7, 11) is 0. The number of hydrogen-bond acceptors (Lipinski definition) is 4. The molecule has 0 spiro atoms. The molecule has 0 saturated carbocycles. The minimum atomic E-state index is -0.0569. The summed E-state index contributed by atoms with van der Waals surface area (Å²) in [6.07, 6.45) is 10.5. The summed E-state index contributed by atoms with van der Waals surface area (Å²) < 4.78 is 13.1. The highest BCUT2D eigenvalue weighted by molar-refractivity contribution is 6.08. The van der Waals surface area contributed by atoms with Gasteiger partial charge in [0.2, 0.25) is 0 Å². The number of aromatic nitrogens is 2. The molecule has 1 aliphatic heterocycles. The smallest absolute Gasteiger partial charge is 0.177 e. The van der Waals surface area contributed by atoms with Crippen LogP contribution >= 0.6 is 0 Å². The van der Waals surface area contributed by atoms with Crippen molar-refractivity contribution < 1.29 is 9.15 Å². The second-order valence-corrected chi connectivity index (χ2v) is 13.4. The summed E-state index contributed by atoms with van der Waals surface area (Å²) in [5, 5.41) is 2.11. The molecular weight excluding hydrogens is 576 g/mol. The zero-order valence-electron chi connectivity index (χ0n) is 26.1. The van der Waals surface area contributed by atoms with Crippen LogP contribution in [0.1, 0.15) is 42.0 Å². The van der Waals surface area contributed by atoms with E-state index in [1.165, 1.54) is 39.0 Å². The van der Waals surface area contributed by atoms with E-state index in [1.54, 1.807) is 0 Å². The molecule has 7 aromatic rings. The number of nitrogens with zero attached hydrogens (tertiary/aromatic N) is 2. The molecule has 0 radical (unpaired) electrons. The predicted molar refractivity (Wildman–Crippen MR) is 188 cm³/mol. The number of rotatable bonds is 3. The summed E-state index contributed by atoms with van der Waals surface area (Å²) >= 11 is 0. The van der Waals surface area contributed by atoms with Gasteiger partial charge in [-0.15, -0.1) is 0 Å². The van der Waals surface area contributed by atoms with Gasteiger partial charge in [0.25, 0.3) is 0 Å². The maximum Gasteiger partial charge on any atom is 0.177 e. The molecule has 10 rings (SSSR count). The monoisotopic (exact) mass is 606 g/mol. The molecule has 0 N–H and O–H groups in total. The van der Waals surface area contributed by atoms with Crippen molar-refractivity contribution in [2.24, 2.45) is 0 Å². The maximum atomic E-state index is 6.61. The lowest BCUT2D eigenvalue weighted by Crippen LogP contribution is -2.17. The van der Waals surface area contributed by atoms with Gasteiger partial charge in [-0.3, -0.25) is 0 Å². The molecule has 0 saturated heterocycles. The Bertz CT molecular complexity index is 2470. The highest BCUT2D eigenvalue weighted by Gasteiger charge is 2.38. The van der Waals surface area contributed by atoms with Gasteiger partial charge in [0.05, 0.1) is 0 Å². The Morgan fingerprint density at radius 3 is 2.32 bits per heavy atom. The molecule has 2 aromatic heterocycles. The lowest BCUT2D eigenvalue weighted by Gasteiger charge is -2.23. The Morgan fingerprint density at radius 1 is 0.660 bits per heavy atom. The molecule has 0 amide bonds. The molecule has 0 bridgehead atoms. The normalized spacial score (nSPS) is 18.4. The summed E-state index contributed by atoms with van der Waals surface area (Å²) in [4.78, 5) is 9.28. The van der Waals surface area contributed by atoms with Crippen LogP contribution in [0.5, 0.6) is 5.75 Å². The van der Waals surface area contributed by atoms with E-state index in [-0.39, 0.29) is 17.4 Å². The van der Waals surface area contributed by atoms with E-state index in [0.29, 0.717) is 0 Å². The maximum absolute atomic E-state index is 6.61. The van der Waals surface area contributed by atoms with Crippen molar-refractivity contribution in [3.05, 3.63) is 156 Å². The molecule has 3 aliphatic rings. The van der Waals surface area contributed by atoms with E-state index in [2.05, 4.69) is 109 Å². The second-order valence-electron chi connectivity index (χ2n) is 13.4. The quantitative estimate of drug-likeness (QED) is 0.201. The first-order valence-electron chi connectivity index (χ1n) is 16.2. The largest absolute Gasteiger partial charge is 0.481 e. The van der Waals surface area contributed by atoms with Crippen LogP contribution in [0.2, 0.25) is 0 Å². The summed E-state index contributed by atoms with van der Waals surface area (Å²) in [5.41, 5.74) is 13.7. The molecule has 224 valence electrons. The van der Waals surface area contributed by atoms with E-state index >= 15 is 0 Å². The van der Waals surface area contributed by atoms with E-state index in [9.17, 15) is 0 Å². The molecule has 47 heavy (non-hydrogen) atoms. The van der Waals surface area contributed by atoms with Crippen molar-refractivity contribution in [2.45, 2.75) is 31.3 Å². The third kappa shape index (κ3) is 3.88. The third-order valence-electron chi connectivity index (χ3n) is 10.3. The highest BCUT2D eigenvalue weighted by atomic mass is 16.5. The van der Waals surface area contributed by atoms with Crippen molar-refractivity contribution in [3.63, 3.8) is 0 Å². The number of fused-ring (bicyclic) bond motifs is 10. The number of furan rings is 1. The van der Waals surface area contributed by atoms with Crippen LogP contribution in [0.25, 0.3) is 61.2 Å². The summed E-state index contributed by atoms with van der Waals surface area (Å²) in [6.45, 7) is 4.67. The summed E-state index contributed by atoms with van der Waals surface area (Å²) in [6, 6.07) is 36.5. The van der Waals surface area contributed by atoms with Gasteiger partial charge < -0.3 is 9.15 Å². The van der Waals surface area contributed by atoms with Gasteiger partial charge in [-0.1, -0.05) is 105 Å². The Kier molecular flexibility index (Phi) is 5.43. The van der Waals surface area contributed by atoms with Gasteiger partial charge in [-0.2, -0.15) is 0 Å². The van der Waals surface area contributed by atoms with Gasteiger partial charge >= 0.3 is 0 Å². The minimum Gasteiger partial charge on any atom is -0.481 e. The molecule has 4 heteroatoms. The topological polar surface area (TPSA) is 48.2 Å². The first-order chi connectivity index (χ1) is 23.0. The van der Waals surface area contributed by atoms with Crippen LogP contribution in [0.3, 0.4) is 0 Å². The Balaban J connectivity index is 0.997. The van der Waals surface area contributed by atoms with Crippen molar-refractivity contribution in [1.29, 1.82) is 0 Å². The first kappa shape index (κ1) is 26.5. The van der Waals surface area contributed by atoms with Gasteiger partial charge in [0.15, 0.2) is 17.2 Å². The van der Waals surface area contributed by atoms with Crippen LogP contribution in [0.15, 0.2) is 138 Å². The molecule has 2 aliphatic carbocycles. The lowest BCUT2D eigenvalue weighted by atomic mass is 9.80. The number of ether oxygens (including phenoxy) is 1. The zero-order chi connectivity index (χ0) is 31.3. The van der Waals surface area contributed by atoms with Crippen LogP contribution in [0, 0.1) is 0 Å².